The zero-order chi connectivity index (χ0) is 15.4. The van der Waals surface area contributed by atoms with E-state index in [-0.39, 0.29) is 18.5 Å². The normalized spacial score (nSPS) is 16.6. The molecule has 3 rings (SSSR count). The van der Waals surface area contributed by atoms with Gasteiger partial charge >= 0.3 is 0 Å². The van der Waals surface area contributed by atoms with Gasteiger partial charge in [-0.25, -0.2) is 0 Å². The number of nitrogens with two attached hydrogens (primary N) is 1. The lowest BCUT2D eigenvalue weighted by Gasteiger charge is -2.26. The molecule has 0 saturated heterocycles. The maximum Gasteiger partial charge on any atom is 0.239 e. The smallest absolute Gasteiger partial charge is 0.239 e. The van der Waals surface area contributed by atoms with Gasteiger partial charge in [0.15, 0.2) is 0 Å². The summed E-state index contributed by atoms with van der Waals surface area (Å²) in [5, 5.41) is 6.26. The maximum atomic E-state index is 12.2. The molecule has 1 atom stereocenters. The van der Waals surface area contributed by atoms with Crippen molar-refractivity contribution in [3.63, 3.8) is 0 Å². The zero-order valence-corrected chi connectivity index (χ0v) is 12.5. The lowest BCUT2D eigenvalue weighted by molar-refractivity contribution is -0.120. The van der Waals surface area contributed by atoms with E-state index in [0.717, 1.165) is 30.6 Å². The van der Waals surface area contributed by atoms with E-state index in [1.807, 2.05) is 48.5 Å². The van der Waals surface area contributed by atoms with Gasteiger partial charge in [0.25, 0.3) is 0 Å². The third-order valence-electron chi connectivity index (χ3n) is 4.04. The van der Waals surface area contributed by atoms with E-state index in [4.69, 9.17) is 5.73 Å². The quantitative estimate of drug-likeness (QED) is 0.760. The number of rotatable bonds is 4. The summed E-state index contributed by atoms with van der Waals surface area (Å²) in [7, 11) is 0. The Hall–Kier alpha value is -2.49. The number of nitrogens with one attached hydrogen (secondary N) is 2. The Labute approximate surface area is 130 Å². The van der Waals surface area contributed by atoms with Crippen LogP contribution in [0.1, 0.15) is 30.0 Å². The third kappa shape index (κ3) is 3.39. The van der Waals surface area contributed by atoms with Crippen molar-refractivity contribution in [2.24, 2.45) is 0 Å². The molecule has 0 spiro atoms. The molecular weight excluding hydrogens is 274 g/mol. The molecule has 1 unspecified atom stereocenters. The minimum absolute atomic E-state index is 0.0125. The molecule has 2 aromatic rings. The highest BCUT2D eigenvalue weighted by Gasteiger charge is 2.21. The molecule has 0 saturated carbocycles. The molecule has 0 radical (unpaired) electrons. The van der Waals surface area contributed by atoms with Crippen molar-refractivity contribution in [3.8, 4) is 0 Å². The van der Waals surface area contributed by atoms with Gasteiger partial charge in [-0.15, -0.1) is 0 Å². The van der Waals surface area contributed by atoms with Gasteiger partial charge in [-0.1, -0.05) is 24.3 Å². The molecule has 1 aliphatic rings. The van der Waals surface area contributed by atoms with Gasteiger partial charge in [-0.05, 0) is 54.7 Å². The molecule has 1 aliphatic carbocycles. The highest BCUT2D eigenvalue weighted by atomic mass is 16.1. The molecule has 4 heteroatoms. The number of hydrogen-bond donors (Lipinski definition) is 3. The molecule has 2 aromatic carbocycles. The summed E-state index contributed by atoms with van der Waals surface area (Å²) in [6.07, 6.45) is 3.09. The number of benzene rings is 2. The first-order valence-corrected chi connectivity index (χ1v) is 7.69. The standard InChI is InChI=1S/C18H21N3O/c19-14-9-10-16-13(11-14)5-4-8-17(16)21-18(22)12-20-15-6-2-1-3-7-15/h1-3,6-7,9-11,17,20H,4-5,8,12,19H2,(H,21,22). The van der Waals surface area contributed by atoms with Crippen LogP contribution in [0.3, 0.4) is 0 Å². The Morgan fingerprint density at radius 3 is 2.82 bits per heavy atom. The van der Waals surface area contributed by atoms with Crippen LogP contribution in [0.5, 0.6) is 0 Å². The van der Waals surface area contributed by atoms with Crippen molar-refractivity contribution >= 4 is 17.3 Å². The van der Waals surface area contributed by atoms with Crippen LogP contribution in [0.25, 0.3) is 0 Å². The predicted molar refractivity (Wildman–Crippen MR) is 89.6 cm³/mol. The molecule has 4 nitrogen and oxygen atoms in total. The number of para-hydroxylation sites is 1. The summed E-state index contributed by atoms with van der Waals surface area (Å²) in [6.45, 7) is 0.283. The SMILES string of the molecule is Nc1ccc2c(c1)CCCC2NC(=O)CNc1ccccc1. The number of carbonyl (C=O) groups excluding carboxylic acids is 1. The van der Waals surface area contributed by atoms with Gasteiger partial charge in [-0.3, -0.25) is 4.79 Å². The number of anilines is 2. The molecule has 0 aliphatic heterocycles. The fourth-order valence-electron chi connectivity index (χ4n) is 2.97. The summed E-state index contributed by atoms with van der Waals surface area (Å²) in [6, 6.07) is 15.8. The van der Waals surface area contributed by atoms with Gasteiger partial charge in [0.1, 0.15) is 0 Å². The Balaban J connectivity index is 1.61. The van der Waals surface area contributed by atoms with E-state index < -0.39 is 0 Å². The summed E-state index contributed by atoms with van der Waals surface area (Å²) >= 11 is 0. The average Bonchev–Trinajstić information content (AvgIpc) is 2.54. The minimum atomic E-state index is 0.0125. The van der Waals surface area contributed by atoms with Gasteiger partial charge in [0.05, 0.1) is 12.6 Å². The first kappa shape index (κ1) is 14.4. The van der Waals surface area contributed by atoms with Crippen molar-refractivity contribution in [3.05, 3.63) is 59.7 Å². The fraction of sp³-hybridized carbons (Fsp3) is 0.278. The van der Waals surface area contributed by atoms with Gasteiger partial charge in [0, 0.05) is 11.4 Å². The topological polar surface area (TPSA) is 67.1 Å². The van der Waals surface area contributed by atoms with Crippen LogP contribution in [0.15, 0.2) is 48.5 Å². The first-order chi connectivity index (χ1) is 10.7. The van der Waals surface area contributed by atoms with Crippen molar-refractivity contribution < 1.29 is 4.79 Å². The molecule has 22 heavy (non-hydrogen) atoms. The summed E-state index contributed by atoms with van der Waals surface area (Å²) < 4.78 is 0. The zero-order valence-electron chi connectivity index (χ0n) is 12.5. The second-order valence-electron chi connectivity index (χ2n) is 5.69. The van der Waals surface area contributed by atoms with Crippen molar-refractivity contribution in [2.45, 2.75) is 25.3 Å². The third-order valence-corrected chi connectivity index (χ3v) is 4.04. The van der Waals surface area contributed by atoms with E-state index >= 15 is 0 Å². The molecule has 4 N–H and O–H groups in total. The summed E-state index contributed by atoms with van der Waals surface area (Å²) in [5.74, 6) is 0.0125. The first-order valence-electron chi connectivity index (χ1n) is 7.69. The highest BCUT2D eigenvalue weighted by molar-refractivity contribution is 5.81. The van der Waals surface area contributed by atoms with Crippen LogP contribution in [0, 0.1) is 0 Å². The fourth-order valence-corrected chi connectivity index (χ4v) is 2.97. The molecule has 0 heterocycles. The number of amides is 1. The van der Waals surface area contributed by atoms with E-state index in [1.165, 1.54) is 11.1 Å². The Bertz CT molecular complexity index is 655. The lowest BCUT2D eigenvalue weighted by Crippen LogP contribution is -2.35. The van der Waals surface area contributed by atoms with Gasteiger partial charge in [0.2, 0.25) is 5.91 Å². The van der Waals surface area contributed by atoms with E-state index in [0.29, 0.717) is 0 Å². The molecule has 0 aromatic heterocycles. The summed E-state index contributed by atoms with van der Waals surface area (Å²) in [4.78, 5) is 12.2. The van der Waals surface area contributed by atoms with Crippen LogP contribution in [0.4, 0.5) is 11.4 Å². The van der Waals surface area contributed by atoms with Crippen molar-refractivity contribution in [1.82, 2.24) is 5.32 Å². The Kier molecular flexibility index (Phi) is 4.28. The van der Waals surface area contributed by atoms with Crippen LogP contribution >= 0.6 is 0 Å². The number of fused-ring (bicyclic) bond motifs is 1. The molecule has 114 valence electrons. The lowest BCUT2D eigenvalue weighted by atomic mass is 9.87. The van der Waals surface area contributed by atoms with Crippen LogP contribution in [0.2, 0.25) is 0 Å². The molecular formula is C18H21N3O. The average molecular weight is 295 g/mol. The molecule has 0 fully saturated rings. The number of nitrogen functional groups attached to an aromatic ring is 1. The monoisotopic (exact) mass is 295 g/mol. The van der Waals surface area contributed by atoms with Crippen LogP contribution < -0.4 is 16.4 Å². The highest BCUT2D eigenvalue weighted by Crippen LogP contribution is 2.30. The predicted octanol–water partition coefficient (Wildman–Crippen LogP) is 2.87. The maximum absolute atomic E-state index is 12.2. The number of aryl methyl sites for hydroxylation is 1. The molecule has 1 amide bonds. The summed E-state index contributed by atoms with van der Waals surface area (Å²) in [5.41, 5.74) is 10.0. The second-order valence-corrected chi connectivity index (χ2v) is 5.69. The minimum Gasteiger partial charge on any atom is -0.399 e. The Morgan fingerprint density at radius 1 is 1.18 bits per heavy atom. The largest absolute Gasteiger partial charge is 0.399 e. The van der Waals surface area contributed by atoms with E-state index in [9.17, 15) is 4.79 Å². The van der Waals surface area contributed by atoms with Gasteiger partial charge < -0.3 is 16.4 Å². The van der Waals surface area contributed by atoms with Crippen molar-refractivity contribution in [2.75, 3.05) is 17.6 Å². The van der Waals surface area contributed by atoms with Crippen LogP contribution in [-0.4, -0.2) is 12.5 Å². The molecule has 0 bridgehead atoms. The Morgan fingerprint density at radius 2 is 2.00 bits per heavy atom. The van der Waals surface area contributed by atoms with Crippen molar-refractivity contribution in [1.29, 1.82) is 0 Å². The number of hydrogen-bond acceptors (Lipinski definition) is 3. The van der Waals surface area contributed by atoms with Gasteiger partial charge in [-0.2, -0.15) is 0 Å². The van der Waals surface area contributed by atoms with Crippen LogP contribution in [-0.2, 0) is 11.2 Å². The second kappa shape index (κ2) is 6.52. The van der Waals surface area contributed by atoms with E-state index in [2.05, 4.69) is 10.6 Å². The number of carbonyl (C=O) groups is 1. The van der Waals surface area contributed by atoms with E-state index in [1.54, 1.807) is 0 Å².